The lowest BCUT2D eigenvalue weighted by Gasteiger charge is -2.08. The number of benzene rings is 1. The molecule has 0 saturated heterocycles. The fourth-order valence-corrected chi connectivity index (χ4v) is 3.58. The van der Waals surface area contributed by atoms with Gasteiger partial charge in [-0.3, -0.25) is 4.79 Å². The zero-order valence-corrected chi connectivity index (χ0v) is 13.4. The highest BCUT2D eigenvalue weighted by atomic mass is 32.2. The SMILES string of the molecule is Cc1ccc(C)c(C(=O)NCCSCc2cccs2)c1. The van der Waals surface area contributed by atoms with Gasteiger partial charge in [-0.25, -0.2) is 0 Å². The van der Waals surface area contributed by atoms with Crippen molar-refractivity contribution in [2.45, 2.75) is 19.6 Å². The summed E-state index contributed by atoms with van der Waals surface area (Å²) < 4.78 is 0. The van der Waals surface area contributed by atoms with Crippen LogP contribution >= 0.6 is 23.1 Å². The molecule has 1 N–H and O–H groups in total. The van der Waals surface area contributed by atoms with Gasteiger partial charge in [-0.15, -0.1) is 11.3 Å². The van der Waals surface area contributed by atoms with Crippen molar-refractivity contribution in [1.29, 1.82) is 0 Å². The van der Waals surface area contributed by atoms with Crippen LogP contribution in [-0.4, -0.2) is 18.2 Å². The maximum absolute atomic E-state index is 12.1. The van der Waals surface area contributed by atoms with Gasteiger partial charge in [0.25, 0.3) is 5.91 Å². The van der Waals surface area contributed by atoms with Crippen LogP contribution in [0.15, 0.2) is 35.7 Å². The molecule has 1 amide bonds. The van der Waals surface area contributed by atoms with Gasteiger partial charge in [-0.1, -0.05) is 23.8 Å². The van der Waals surface area contributed by atoms with E-state index in [0.717, 1.165) is 28.2 Å². The minimum absolute atomic E-state index is 0.0305. The fourth-order valence-electron chi connectivity index (χ4n) is 1.88. The Balaban J connectivity index is 1.73. The first-order valence-electron chi connectivity index (χ1n) is 6.62. The summed E-state index contributed by atoms with van der Waals surface area (Å²) in [5.74, 6) is 1.99. The van der Waals surface area contributed by atoms with Crippen molar-refractivity contribution >= 4 is 29.0 Å². The van der Waals surface area contributed by atoms with Crippen LogP contribution in [-0.2, 0) is 5.75 Å². The Bertz CT molecular complexity index is 564. The minimum atomic E-state index is 0.0305. The number of thiophene rings is 1. The van der Waals surface area contributed by atoms with E-state index in [1.54, 1.807) is 11.3 Å². The van der Waals surface area contributed by atoms with E-state index in [1.165, 1.54) is 4.88 Å². The molecule has 1 aromatic heterocycles. The van der Waals surface area contributed by atoms with Crippen LogP contribution in [0.3, 0.4) is 0 Å². The Kier molecular flexibility index (Phi) is 5.68. The first-order chi connectivity index (χ1) is 9.66. The average Bonchev–Trinajstić information content (AvgIpc) is 2.94. The predicted molar refractivity (Wildman–Crippen MR) is 88.7 cm³/mol. The van der Waals surface area contributed by atoms with Crippen molar-refractivity contribution in [2.75, 3.05) is 12.3 Å². The van der Waals surface area contributed by atoms with Crippen LogP contribution in [0.2, 0.25) is 0 Å². The second kappa shape index (κ2) is 7.50. The smallest absolute Gasteiger partial charge is 0.251 e. The quantitative estimate of drug-likeness (QED) is 0.816. The van der Waals surface area contributed by atoms with Crippen LogP contribution < -0.4 is 5.32 Å². The van der Waals surface area contributed by atoms with Crippen molar-refractivity contribution in [1.82, 2.24) is 5.32 Å². The third kappa shape index (κ3) is 4.39. The van der Waals surface area contributed by atoms with Crippen molar-refractivity contribution in [3.05, 3.63) is 57.3 Å². The molecule has 4 heteroatoms. The molecule has 20 heavy (non-hydrogen) atoms. The summed E-state index contributed by atoms with van der Waals surface area (Å²) in [6, 6.07) is 10.2. The second-order valence-corrected chi connectivity index (χ2v) is 6.84. The third-order valence-electron chi connectivity index (χ3n) is 2.99. The molecular formula is C16H19NOS2. The number of thioether (sulfide) groups is 1. The van der Waals surface area contributed by atoms with Crippen LogP contribution in [0.4, 0.5) is 0 Å². The summed E-state index contributed by atoms with van der Waals surface area (Å²) in [5.41, 5.74) is 2.93. The first kappa shape index (κ1) is 15.1. The van der Waals surface area contributed by atoms with E-state index in [2.05, 4.69) is 22.8 Å². The molecule has 0 aliphatic rings. The topological polar surface area (TPSA) is 29.1 Å². The average molecular weight is 305 g/mol. The Morgan fingerprint density at radius 1 is 1.30 bits per heavy atom. The lowest BCUT2D eigenvalue weighted by atomic mass is 10.1. The first-order valence-corrected chi connectivity index (χ1v) is 8.66. The molecule has 0 unspecified atom stereocenters. The molecule has 1 aromatic carbocycles. The molecule has 1 heterocycles. The third-order valence-corrected chi connectivity index (χ3v) is 5.06. The van der Waals surface area contributed by atoms with E-state index in [-0.39, 0.29) is 5.91 Å². The molecule has 0 atom stereocenters. The van der Waals surface area contributed by atoms with Gasteiger partial charge in [0.1, 0.15) is 0 Å². The van der Waals surface area contributed by atoms with Gasteiger partial charge in [-0.2, -0.15) is 11.8 Å². The van der Waals surface area contributed by atoms with E-state index in [9.17, 15) is 4.79 Å². The number of carbonyl (C=O) groups excluding carboxylic acids is 1. The highest BCUT2D eigenvalue weighted by Crippen LogP contribution is 2.16. The largest absolute Gasteiger partial charge is 0.351 e. The van der Waals surface area contributed by atoms with E-state index in [4.69, 9.17) is 0 Å². The normalized spacial score (nSPS) is 10.5. The van der Waals surface area contributed by atoms with Gasteiger partial charge in [0.05, 0.1) is 0 Å². The number of carbonyl (C=O) groups is 1. The van der Waals surface area contributed by atoms with Crippen molar-refractivity contribution in [3.8, 4) is 0 Å². The van der Waals surface area contributed by atoms with Crippen molar-refractivity contribution in [3.63, 3.8) is 0 Å². The molecule has 106 valence electrons. The maximum Gasteiger partial charge on any atom is 0.251 e. The molecular weight excluding hydrogens is 286 g/mol. The monoisotopic (exact) mass is 305 g/mol. The number of amides is 1. The second-order valence-electron chi connectivity index (χ2n) is 4.71. The highest BCUT2D eigenvalue weighted by molar-refractivity contribution is 7.98. The summed E-state index contributed by atoms with van der Waals surface area (Å²) in [7, 11) is 0. The number of aryl methyl sites for hydroxylation is 2. The molecule has 0 radical (unpaired) electrons. The zero-order chi connectivity index (χ0) is 14.4. The maximum atomic E-state index is 12.1. The van der Waals surface area contributed by atoms with E-state index in [1.807, 2.05) is 43.8 Å². The van der Waals surface area contributed by atoms with E-state index >= 15 is 0 Å². The Morgan fingerprint density at radius 2 is 2.15 bits per heavy atom. The van der Waals surface area contributed by atoms with E-state index < -0.39 is 0 Å². The van der Waals surface area contributed by atoms with Gasteiger partial charge in [0, 0.05) is 28.5 Å². The van der Waals surface area contributed by atoms with Crippen LogP contribution in [0.1, 0.15) is 26.4 Å². The summed E-state index contributed by atoms with van der Waals surface area (Å²) in [6.45, 7) is 4.69. The number of hydrogen-bond donors (Lipinski definition) is 1. The number of nitrogens with one attached hydrogen (secondary N) is 1. The van der Waals surface area contributed by atoms with Crippen molar-refractivity contribution < 1.29 is 4.79 Å². The molecule has 2 nitrogen and oxygen atoms in total. The molecule has 0 aliphatic heterocycles. The zero-order valence-electron chi connectivity index (χ0n) is 11.8. The molecule has 0 saturated carbocycles. The molecule has 0 bridgehead atoms. The summed E-state index contributed by atoms with van der Waals surface area (Å²) >= 11 is 3.63. The van der Waals surface area contributed by atoms with Crippen molar-refractivity contribution in [2.24, 2.45) is 0 Å². The molecule has 2 rings (SSSR count). The Hall–Kier alpha value is -1.26. The van der Waals surface area contributed by atoms with E-state index in [0.29, 0.717) is 6.54 Å². The van der Waals surface area contributed by atoms with Gasteiger partial charge in [0.2, 0.25) is 0 Å². The molecule has 0 aliphatic carbocycles. The van der Waals surface area contributed by atoms with Crippen LogP contribution in [0.25, 0.3) is 0 Å². The van der Waals surface area contributed by atoms with Gasteiger partial charge in [0.15, 0.2) is 0 Å². The minimum Gasteiger partial charge on any atom is -0.351 e. The lowest BCUT2D eigenvalue weighted by Crippen LogP contribution is -2.26. The van der Waals surface area contributed by atoms with Crippen LogP contribution in [0.5, 0.6) is 0 Å². The Labute approximate surface area is 128 Å². The van der Waals surface area contributed by atoms with Gasteiger partial charge in [-0.05, 0) is 36.9 Å². The molecule has 0 spiro atoms. The highest BCUT2D eigenvalue weighted by Gasteiger charge is 2.08. The molecule has 0 fully saturated rings. The number of rotatable bonds is 6. The lowest BCUT2D eigenvalue weighted by molar-refractivity contribution is 0.0955. The van der Waals surface area contributed by atoms with Gasteiger partial charge < -0.3 is 5.32 Å². The van der Waals surface area contributed by atoms with Crippen LogP contribution in [0, 0.1) is 13.8 Å². The van der Waals surface area contributed by atoms with Gasteiger partial charge >= 0.3 is 0 Å². The number of hydrogen-bond acceptors (Lipinski definition) is 3. The summed E-state index contributed by atoms with van der Waals surface area (Å²) in [5, 5.41) is 5.09. The standard InChI is InChI=1S/C16H19NOS2/c1-12-5-6-13(2)15(10-12)16(18)17-7-9-19-11-14-4-3-8-20-14/h3-6,8,10H,7,9,11H2,1-2H3,(H,17,18). The summed E-state index contributed by atoms with van der Waals surface area (Å²) in [6.07, 6.45) is 0. The summed E-state index contributed by atoms with van der Waals surface area (Å²) in [4.78, 5) is 13.5. The predicted octanol–water partition coefficient (Wildman–Crippen LogP) is 4.03. The molecule has 2 aromatic rings. The Morgan fingerprint density at radius 3 is 2.90 bits per heavy atom. The fraction of sp³-hybridized carbons (Fsp3) is 0.312.